The molecule has 0 aliphatic heterocycles. The van der Waals surface area contributed by atoms with Gasteiger partial charge in [0.25, 0.3) is 10.0 Å². The van der Waals surface area contributed by atoms with Crippen molar-refractivity contribution >= 4 is 49.2 Å². The molecule has 4 aromatic rings. The number of hydrogen-bond donors (Lipinski definition) is 0. The van der Waals surface area contributed by atoms with Gasteiger partial charge in [-0.25, -0.2) is 8.42 Å². The molecule has 8 heteroatoms. The lowest BCUT2D eigenvalue weighted by Gasteiger charge is -2.21. The molecule has 0 aliphatic rings. The Labute approximate surface area is 182 Å². The fraction of sp³-hybridized carbons (Fsp3) is 0.0476. The monoisotopic (exact) mass is 517 g/mol. The number of anilines is 1. The van der Waals surface area contributed by atoms with Crippen molar-refractivity contribution < 1.29 is 13.2 Å². The second-order valence-corrected chi connectivity index (χ2v) is 9.44. The van der Waals surface area contributed by atoms with Crippen LogP contribution in [0.25, 0.3) is 10.9 Å². The minimum Gasteiger partial charge on any atom is -0.457 e. The Morgan fingerprint density at radius 2 is 1.59 bits per heavy atom. The highest BCUT2D eigenvalue weighted by molar-refractivity contribution is 14.1. The number of rotatable bonds is 5. The van der Waals surface area contributed by atoms with E-state index in [2.05, 4.69) is 32.6 Å². The molecule has 2 heterocycles. The number of ether oxygens (including phenoxy) is 1. The number of benzene rings is 2. The average Bonchev–Trinajstić information content (AvgIpc) is 2.74. The molecule has 0 fully saturated rings. The molecule has 4 rings (SSSR count). The molecule has 2 aromatic heterocycles. The third-order valence-electron chi connectivity index (χ3n) is 4.39. The summed E-state index contributed by atoms with van der Waals surface area (Å²) < 4.78 is 34.4. The average molecular weight is 517 g/mol. The maximum atomic E-state index is 13.2. The van der Waals surface area contributed by atoms with Crippen LogP contribution in [-0.2, 0) is 10.0 Å². The number of aromatic nitrogens is 2. The standard InChI is InChI=1S/C21H16IN3O3S/c1-25(21-10-13-24-20-7-2-15(22)14-19(20)21)29(26,27)18-5-3-16(4-6-18)28-17-8-11-23-12-9-17/h2-14H,1H3. The van der Waals surface area contributed by atoms with Crippen LogP contribution in [0.15, 0.2) is 84.1 Å². The summed E-state index contributed by atoms with van der Waals surface area (Å²) >= 11 is 2.20. The molecule has 0 amide bonds. The molecule has 0 unspecified atom stereocenters. The lowest BCUT2D eigenvalue weighted by molar-refractivity contribution is 0.481. The molecule has 0 saturated heterocycles. The molecule has 0 atom stereocenters. The van der Waals surface area contributed by atoms with Gasteiger partial charge in [-0.05, 0) is 83.3 Å². The van der Waals surface area contributed by atoms with Crippen LogP contribution >= 0.6 is 22.6 Å². The molecule has 0 bridgehead atoms. The fourth-order valence-electron chi connectivity index (χ4n) is 2.89. The van der Waals surface area contributed by atoms with Gasteiger partial charge in [0.05, 0.1) is 16.1 Å². The number of fused-ring (bicyclic) bond motifs is 1. The van der Waals surface area contributed by atoms with E-state index in [9.17, 15) is 8.42 Å². The Morgan fingerprint density at radius 3 is 2.31 bits per heavy atom. The van der Waals surface area contributed by atoms with Crippen molar-refractivity contribution in [3.63, 3.8) is 0 Å². The third-order valence-corrected chi connectivity index (χ3v) is 6.84. The zero-order valence-corrected chi connectivity index (χ0v) is 18.3. The highest BCUT2D eigenvalue weighted by atomic mass is 127. The van der Waals surface area contributed by atoms with Crippen molar-refractivity contribution in [1.29, 1.82) is 0 Å². The number of pyridine rings is 2. The summed E-state index contributed by atoms with van der Waals surface area (Å²) in [5, 5.41) is 0.781. The topological polar surface area (TPSA) is 72.4 Å². The summed E-state index contributed by atoms with van der Waals surface area (Å²) in [7, 11) is -2.20. The maximum Gasteiger partial charge on any atom is 0.264 e. The van der Waals surface area contributed by atoms with Crippen LogP contribution < -0.4 is 9.04 Å². The number of hydrogen-bond acceptors (Lipinski definition) is 5. The van der Waals surface area contributed by atoms with Crippen LogP contribution in [0.2, 0.25) is 0 Å². The van der Waals surface area contributed by atoms with Crippen molar-refractivity contribution in [2.75, 3.05) is 11.4 Å². The molecule has 0 radical (unpaired) electrons. The Morgan fingerprint density at radius 1 is 0.897 bits per heavy atom. The predicted molar refractivity (Wildman–Crippen MR) is 121 cm³/mol. The van der Waals surface area contributed by atoms with Crippen molar-refractivity contribution in [2.24, 2.45) is 0 Å². The summed E-state index contributed by atoms with van der Waals surface area (Å²) in [6, 6.07) is 17.3. The zero-order valence-electron chi connectivity index (χ0n) is 15.4. The quantitative estimate of drug-likeness (QED) is 0.354. The van der Waals surface area contributed by atoms with E-state index in [1.807, 2.05) is 18.2 Å². The van der Waals surface area contributed by atoms with Crippen molar-refractivity contribution in [3.8, 4) is 11.5 Å². The minimum absolute atomic E-state index is 0.178. The second-order valence-electron chi connectivity index (χ2n) is 6.22. The van der Waals surface area contributed by atoms with Crippen LogP contribution in [0.3, 0.4) is 0 Å². The Balaban J connectivity index is 1.65. The molecule has 6 nitrogen and oxygen atoms in total. The first-order valence-corrected chi connectivity index (χ1v) is 11.2. The highest BCUT2D eigenvalue weighted by Gasteiger charge is 2.23. The first-order valence-electron chi connectivity index (χ1n) is 8.66. The summed E-state index contributed by atoms with van der Waals surface area (Å²) in [5.41, 5.74) is 1.32. The third kappa shape index (κ3) is 4.03. The molecular formula is C21H16IN3O3S. The van der Waals surface area contributed by atoms with Crippen LogP contribution in [0.1, 0.15) is 0 Å². The first-order chi connectivity index (χ1) is 13.9. The largest absolute Gasteiger partial charge is 0.457 e. The van der Waals surface area contributed by atoms with Gasteiger partial charge in [-0.2, -0.15) is 0 Å². The summed E-state index contributed by atoms with van der Waals surface area (Å²) in [6.07, 6.45) is 4.87. The molecule has 2 aromatic carbocycles. The van der Waals surface area contributed by atoms with E-state index in [0.717, 1.165) is 14.5 Å². The second kappa shape index (κ2) is 7.96. The predicted octanol–water partition coefficient (Wildman–Crippen LogP) is 4.85. The van der Waals surface area contributed by atoms with E-state index in [-0.39, 0.29) is 4.90 Å². The van der Waals surface area contributed by atoms with E-state index in [0.29, 0.717) is 17.2 Å². The van der Waals surface area contributed by atoms with E-state index < -0.39 is 10.0 Å². The van der Waals surface area contributed by atoms with Gasteiger partial charge in [-0.15, -0.1) is 0 Å². The molecule has 0 saturated carbocycles. The van der Waals surface area contributed by atoms with Crippen LogP contribution in [0.4, 0.5) is 5.69 Å². The van der Waals surface area contributed by atoms with Gasteiger partial charge in [-0.1, -0.05) is 0 Å². The van der Waals surface area contributed by atoms with E-state index in [1.165, 1.54) is 16.4 Å². The Bertz CT molecular complexity index is 1260. The van der Waals surface area contributed by atoms with Crippen LogP contribution in [0.5, 0.6) is 11.5 Å². The molecule has 0 aliphatic carbocycles. The molecular weight excluding hydrogens is 501 g/mol. The van der Waals surface area contributed by atoms with Crippen molar-refractivity contribution in [3.05, 3.63) is 82.8 Å². The van der Waals surface area contributed by atoms with Gasteiger partial charge >= 0.3 is 0 Å². The van der Waals surface area contributed by atoms with Crippen LogP contribution in [-0.4, -0.2) is 25.4 Å². The molecule has 29 heavy (non-hydrogen) atoms. The first kappa shape index (κ1) is 19.6. The van der Waals surface area contributed by atoms with E-state index in [4.69, 9.17) is 4.74 Å². The summed E-state index contributed by atoms with van der Waals surface area (Å²) in [4.78, 5) is 8.44. The Kier molecular flexibility index (Phi) is 5.37. The Hall–Kier alpha value is -2.72. The van der Waals surface area contributed by atoms with Gasteiger partial charge < -0.3 is 4.74 Å². The molecule has 0 N–H and O–H groups in total. The minimum atomic E-state index is -3.75. The molecule has 0 spiro atoms. The van der Waals surface area contributed by atoms with Crippen molar-refractivity contribution in [1.82, 2.24) is 9.97 Å². The highest BCUT2D eigenvalue weighted by Crippen LogP contribution is 2.31. The SMILES string of the molecule is CN(c1ccnc2ccc(I)cc12)S(=O)(=O)c1ccc(Oc2ccncc2)cc1. The number of nitrogens with zero attached hydrogens (tertiary/aromatic N) is 3. The van der Waals surface area contributed by atoms with Crippen LogP contribution in [0, 0.1) is 3.57 Å². The van der Waals surface area contributed by atoms with Gasteiger partial charge in [-0.3, -0.25) is 14.3 Å². The van der Waals surface area contributed by atoms with Gasteiger partial charge in [0.2, 0.25) is 0 Å². The smallest absolute Gasteiger partial charge is 0.264 e. The summed E-state index contributed by atoms with van der Waals surface area (Å²) in [6.45, 7) is 0. The fourth-order valence-corrected chi connectivity index (χ4v) is 4.59. The number of halogens is 1. The van der Waals surface area contributed by atoms with Gasteiger partial charge in [0.15, 0.2) is 0 Å². The number of sulfonamides is 1. The maximum absolute atomic E-state index is 13.2. The van der Waals surface area contributed by atoms with Gasteiger partial charge in [0.1, 0.15) is 11.5 Å². The lowest BCUT2D eigenvalue weighted by atomic mass is 10.2. The lowest BCUT2D eigenvalue weighted by Crippen LogP contribution is -2.26. The van der Waals surface area contributed by atoms with E-state index >= 15 is 0 Å². The van der Waals surface area contributed by atoms with Gasteiger partial charge in [0, 0.05) is 34.6 Å². The van der Waals surface area contributed by atoms with E-state index in [1.54, 1.807) is 56.0 Å². The molecule has 146 valence electrons. The van der Waals surface area contributed by atoms with Crippen molar-refractivity contribution in [2.45, 2.75) is 4.90 Å². The normalized spacial score (nSPS) is 11.4. The summed E-state index contributed by atoms with van der Waals surface area (Å²) in [5.74, 6) is 1.17. The zero-order chi connectivity index (χ0) is 20.4.